The Morgan fingerprint density at radius 1 is 1.05 bits per heavy atom. The Bertz CT molecular complexity index is 1280. The number of carbonyl (C=O) groups excluding carboxylic acids is 1. The predicted molar refractivity (Wildman–Crippen MR) is 146 cm³/mol. The zero-order valence-electron chi connectivity index (χ0n) is 23.3. The molecule has 1 atom stereocenters. The van der Waals surface area contributed by atoms with Gasteiger partial charge in [0.25, 0.3) is 0 Å². The second-order valence-corrected chi connectivity index (χ2v) is 10.0. The summed E-state index contributed by atoms with van der Waals surface area (Å²) in [4.78, 5) is 20.3. The van der Waals surface area contributed by atoms with Gasteiger partial charge in [-0.25, -0.2) is 13.8 Å². The number of aryl methyl sites for hydroxylation is 1. The van der Waals surface area contributed by atoms with E-state index in [9.17, 15) is 18.7 Å². The minimum Gasteiger partial charge on any atom is -0.493 e. The highest BCUT2D eigenvalue weighted by atomic mass is 19.2. The molecular weight excluding hydrogens is 538 g/mol. The Balaban J connectivity index is 1.45. The third-order valence-electron chi connectivity index (χ3n) is 6.72. The first-order chi connectivity index (χ1) is 19.8. The molecule has 2 heterocycles. The molecule has 1 N–H and O–H groups in total. The van der Waals surface area contributed by atoms with Crippen LogP contribution in [0.25, 0.3) is 0 Å². The Hall–Kier alpha value is -3.74. The normalized spacial score (nSPS) is 17.7. The predicted octanol–water partition coefficient (Wildman–Crippen LogP) is 2.74. The van der Waals surface area contributed by atoms with Gasteiger partial charge in [0.2, 0.25) is 5.91 Å². The van der Waals surface area contributed by atoms with Crippen molar-refractivity contribution in [2.24, 2.45) is 0 Å². The van der Waals surface area contributed by atoms with E-state index in [1.54, 1.807) is 19.6 Å². The van der Waals surface area contributed by atoms with Gasteiger partial charge in [-0.2, -0.15) is 0 Å². The van der Waals surface area contributed by atoms with E-state index in [4.69, 9.17) is 18.9 Å². The summed E-state index contributed by atoms with van der Waals surface area (Å²) >= 11 is 0. The number of β-amino-alcohol motifs (C(OH)–C–C–N with tert-alkyl or cyclic N) is 1. The van der Waals surface area contributed by atoms with Crippen LogP contribution in [0.2, 0.25) is 0 Å². The molecule has 0 spiro atoms. The summed E-state index contributed by atoms with van der Waals surface area (Å²) in [7, 11) is 3.02. The number of rotatable bonds is 13. The Labute approximate surface area is 238 Å². The first-order valence-electron chi connectivity index (χ1n) is 13.3. The van der Waals surface area contributed by atoms with Gasteiger partial charge in [0.05, 0.1) is 26.6 Å². The summed E-state index contributed by atoms with van der Waals surface area (Å²) in [6.45, 7) is 2.36. The number of imidazole rings is 1. The number of methoxy groups -OCH3 is 2. The largest absolute Gasteiger partial charge is 0.493 e. The van der Waals surface area contributed by atoms with E-state index in [0.717, 1.165) is 30.7 Å². The fourth-order valence-corrected chi connectivity index (χ4v) is 4.72. The van der Waals surface area contributed by atoms with Gasteiger partial charge in [0, 0.05) is 58.3 Å². The molecule has 1 aromatic heterocycles. The molecule has 1 amide bonds. The topological polar surface area (TPSA) is 98.5 Å². The molecule has 0 saturated carbocycles. The van der Waals surface area contributed by atoms with E-state index in [1.165, 1.54) is 18.1 Å². The highest BCUT2D eigenvalue weighted by molar-refractivity contribution is 5.77. The van der Waals surface area contributed by atoms with E-state index in [2.05, 4.69) is 4.98 Å². The van der Waals surface area contributed by atoms with Gasteiger partial charge >= 0.3 is 0 Å². The van der Waals surface area contributed by atoms with Crippen molar-refractivity contribution in [1.82, 2.24) is 19.4 Å². The lowest BCUT2D eigenvalue weighted by atomic mass is 10.0. The molecule has 12 heteroatoms. The van der Waals surface area contributed by atoms with E-state index >= 15 is 0 Å². The van der Waals surface area contributed by atoms with Crippen molar-refractivity contribution in [3.05, 3.63) is 72.3 Å². The maximum atomic E-state index is 13.7. The van der Waals surface area contributed by atoms with Gasteiger partial charge in [0.15, 0.2) is 23.1 Å². The number of ether oxygens (including phenoxy) is 4. The zero-order valence-corrected chi connectivity index (χ0v) is 23.3. The van der Waals surface area contributed by atoms with Crippen molar-refractivity contribution in [3.8, 4) is 17.2 Å². The van der Waals surface area contributed by atoms with Crippen molar-refractivity contribution < 1.29 is 37.6 Å². The molecule has 1 saturated heterocycles. The van der Waals surface area contributed by atoms with Crippen molar-refractivity contribution in [3.63, 3.8) is 0 Å². The molecule has 222 valence electrons. The summed E-state index contributed by atoms with van der Waals surface area (Å²) in [5.74, 6) is -1.01. The number of aliphatic hydroxyl groups is 1. The number of hydrogen-bond acceptors (Lipinski definition) is 8. The number of hydrogen-bond donors (Lipinski definition) is 1. The van der Waals surface area contributed by atoms with Crippen LogP contribution in [0.4, 0.5) is 8.78 Å². The number of aromatic nitrogens is 2. The van der Waals surface area contributed by atoms with Gasteiger partial charge < -0.3 is 33.5 Å². The average molecular weight is 575 g/mol. The summed E-state index contributed by atoms with van der Waals surface area (Å²) in [5, 5.41) is 11.6. The molecule has 0 radical (unpaired) electrons. The third kappa shape index (κ3) is 8.62. The first-order valence-corrected chi connectivity index (χ1v) is 13.3. The highest BCUT2D eigenvalue weighted by Gasteiger charge is 2.37. The molecule has 1 fully saturated rings. The fraction of sp³-hybridized carbons (Fsp3) is 0.448. The quantitative estimate of drug-likeness (QED) is 0.312. The van der Waals surface area contributed by atoms with Crippen LogP contribution in [-0.4, -0.2) is 96.2 Å². The highest BCUT2D eigenvalue weighted by Crippen LogP contribution is 2.29. The van der Waals surface area contributed by atoms with Crippen molar-refractivity contribution in [1.29, 1.82) is 0 Å². The Morgan fingerprint density at radius 2 is 1.90 bits per heavy atom. The lowest BCUT2D eigenvalue weighted by molar-refractivity contribution is -0.138. The maximum Gasteiger partial charge on any atom is 0.248 e. The number of benzene rings is 2. The smallest absolute Gasteiger partial charge is 0.248 e. The molecule has 4 rings (SSSR count). The van der Waals surface area contributed by atoms with Crippen LogP contribution < -0.4 is 14.2 Å². The van der Waals surface area contributed by atoms with Crippen molar-refractivity contribution in [2.45, 2.75) is 25.1 Å². The van der Waals surface area contributed by atoms with Crippen LogP contribution >= 0.6 is 0 Å². The molecule has 0 bridgehead atoms. The van der Waals surface area contributed by atoms with Crippen molar-refractivity contribution >= 4 is 5.91 Å². The van der Waals surface area contributed by atoms with E-state index in [1.807, 2.05) is 33.9 Å². The van der Waals surface area contributed by atoms with Crippen LogP contribution in [0.3, 0.4) is 0 Å². The van der Waals surface area contributed by atoms with Crippen LogP contribution in [0, 0.1) is 11.6 Å². The first kappa shape index (κ1) is 30.2. The summed E-state index contributed by atoms with van der Waals surface area (Å²) in [6, 6.07) is 8.85. The lowest BCUT2D eigenvalue weighted by Crippen LogP contribution is -2.52. The molecule has 3 aromatic rings. The molecular formula is C29H36F2N4O6. The van der Waals surface area contributed by atoms with E-state index < -0.39 is 17.2 Å². The fourth-order valence-electron chi connectivity index (χ4n) is 4.72. The lowest BCUT2D eigenvalue weighted by Gasteiger charge is -2.33. The molecule has 1 aliphatic rings. The van der Waals surface area contributed by atoms with Crippen LogP contribution in [0.1, 0.15) is 12.0 Å². The standard InChI is InChI=1S/C29H36F2N4O6/c1-38-17-28(36)35-12-11-34(18-29(37,19-35)20-41-23-5-6-24(30)25(31)15-23)16-22-4-7-26(39-2)27(14-22)40-13-3-9-33-10-8-32-21-33/h4-8,10,14-15,21,37H,3,9,11-13,16-20H2,1-2H3/t29-/m0/s1. The number of halogens is 2. The maximum absolute atomic E-state index is 13.7. The van der Waals surface area contributed by atoms with Crippen LogP contribution in [0.15, 0.2) is 55.1 Å². The summed E-state index contributed by atoms with van der Waals surface area (Å²) in [6.07, 6.45) is 6.18. The van der Waals surface area contributed by atoms with Crippen molar-refractivity contribution in [2.75, 3.05) is 60.2 Å². The van der Waals surface area contributed by atoms with E-state index in [0.29, 0.717) is 37.7 Å². The Morgan fingerprint density at radius 3 is 2.63 bits per heavy atom. The second kappa shape index (κ2) is 14.2. The van der Waals surface area contributed by atoms with Gasteiger partial charge in [-0.15, -0.1) is 0 Å². The Kier molecular flexibility index (Phi) is 10.5. The summed E-state index contributed by atoms with van der Waals surface area (Å²) in [5.41, 5.74) is -0.569. The molecule has 0 unspecified atom stereocenters. The van der Waals surface area contributed by atoms with Gasteiger partial charge in [-0.1, -0.05) is 6.07 Å². The number of carbonyl (C=O) groups is 1. The SMILES string of the molecule is COCC(=O)N1CCN(Cc2ccc(OC)c(OCCCn3ccnc3)c2)C[C@@](O)(COc2ccc(F)c(F)c2)C1. The average Bonchev–Trinajstić information content (AvgIpc) is 3.42. The number of amides is 1. The molecule has 2 aromatic carbocycles. The molecule has 1 aliphatic heterocycles. The van der Waals surface area contributed by atoms with Gasteiger partial charge in [0.1, 0.15) is 24.6 Å². The van der Waals surface area contributed by atoms with Gasteiger partial charge in [-0.3, -0.25) is 9.69 Å². The monoisotopic (exact) mass is 574 g/mol. The third-order valence-corrected chi connectivity index (χ3v) is 6.72. The molecule has 41 heavy (non-hydrogen) atoms. The minimum absolute atomic E-state index is 0.0107. The second-order valence-electron chi connectivity index (χ2n) is 10.0. The summed E-state index contributed by atoms with van der Waals surface area (Å²) < 4.78 is 51.2. The number of nitrogens with zero attached hydrogens (tertiary/aromatic N) is 4. The van der Waals surface area contributed by atoms with Gasteiger partial charge in [-0.05, 0) is 36.2 Å². The van der Waals surface area contributed by atoms with Crippen LogP contribution in [-0.2, 0) is 22.6 Å². The molecule has 10 nitrogen and oxygen atoms in total. The molecule has 0 aliphatic carbocycles. The minimum atomic E-state index is -1.50. The zero-order chi connectivity index (χ0) is 29.2. The van der Waals surface area contributed by atoms with E-state index in [-0.39, 0.29) is 38.0 Å². The van der Waals surface area contributed by atoms with Crippen LogP contribution in [0.5, 0.6) is 17.2 Å².